The summed E-state index contributed by atoms with van der Waals surface area (Å²) in [6.45, 7) is 7.95. The molecule has 25 heavy (non-hydrogen) atoms. The average molecular weight is 337 g/mol. The molecule has 3 rings (SSSR count). The van der Waals surface area contributed by atoms with Crippen LogP contribution in [-0.2, 0) is 0 Å². The minimum Gasteiger partial charge on any atom is -0.283 e. The number of non-ortho nitro benzene ring substituents is 1. The van der Waals surface area contributed by atoms with Gasteiger partial charge >= 0.3 is 0 Å². The van der Waals surface area contributed by atoms with Crippen LogP contribution < -0.4 is 0 Å². The van der Waals surface area contributed by atoms with Crippen molar-refractivity contribution in [1.82, 2.24) is 9.38 Å². The van der Waals surface area contributed by atoms with E-state index in [-0.39, 0.29) is 11.6 Å². The van der Waals surface area contributed by atoms with Gasteiger partial charge in [0.15, 0.2) is 5.82 Å². The number of nitro groups is 1. The van der Waals surface area contributed by atoms with E-state index in [4.69, 9.17) is 0 Å². The van der Waals surface area contributed by atoms with Crippen molar-refractivity contribution in [2.75, 3.05) is 0 Å². The Morgan fingerprint density at radius 2 is 1.92 bits per heavy atom. The van der Waals surface area contributed by atoms with Gasteiger partial charge in [-0.2, -0.15) is 0 Å². The highest BCUT2D eigenvalue weighted by Gasteiger charge is 2.15. The van der Waals surface area contributed by atoms with Gasteiger partial charge in [0.1, 0.15) is 5.65 Å². The Morgan fingerprint density at radius 1 is 1.16 bits per heavy atom. The maximum atomic E-state index is 11.0. The molecule has 0 radical (unpaired) electrons. The zero-order valence-electron chi connectivity index (χ0n) is 14.6. The van der Waals surface area contributed by atoms with E-state index >= 15 is 0 Å². The third-order valence-electron chi connectivity index (χ3n) is 3.99. The summed E-state index contributed by atoms with van der Waals surface area (Å²) in [5, 5.41) is 19.6. The van der Waals surface area contributed by atoms with Gasteiger partial charge in [0, 0.05) is 18.3 Å². The molecule has 2 aromatic heterocycles. The van der Waals surface area contributed by atoms with Crippen LogP contribution in [-0.4, -0.2) is 14.3 Å². The molecule has 0 aliphatic rings. The Hall–Kier alpha value is -3.09. The van der Waals surface area contributed by atoms with Crippen molar-refractivity contribution < 1.29 is 4.92 Å². The summed E-state index contributed by atoms with van der Waals surface area (Å²) in [5.74, 6) is 0.830. The normalized spacial score (nSPS) is 11.7. The number of rotatable bonds is 4. The van der Waals surface area contributed by atoms with E-state index < -0.39 is 4.92 Å². The Balaban J connectivity index is 2.11. The fourth-order valence-electron chi connectivity index (χ4n) is 2.56. The Kier molecular flexibility index (Phi) is 4.31. The second kappa shape index (κ2) is 6.43. The molecule has 0 spiro atoms. The maximum absolute atomic E-state index is 11.0. The molecule has 1 aromatic carbocycles. The Morgan fingerprint density at radius 3 is 2.60 bits per heavy atom. The van der Waals surface area contributed by atoms with Gasteiger partial charge in [0.25, 0.3) is 5.69 Å². The molecular weight excluding hydrogens is 318 g/mol. The molecule has 3 aromatic rings. The minimum atomic E-state index is -0.436. The largest absolute Gasteiger partial charge is 0.283 e. The third-order valence-corrected chi connectivity index (χ3v) is 3.99. The van der Waals surface area contributed by atoms with Crippen LogP contribution in [0.2, 0.25) is 0 Å². The smallest absolute Gasteiger partial charge is 0.271 e. The second-order valence-electron chi connectivity index (χ2n) is 6.34. The summed E-state index contributed by atoms with van der Waals surface area (Å²) in [7, 11) is 0. The fourth-order valence-corrected chi connectivity index (χ4v) is 2.56. The molecule has 0 aliphatic heterocycles. The van der Waals surface area contributed by atoms with E-state index in [0.717, 1.165) is 22.5 Å². The van der Waals surface area contributed by atoms with E-state index in [9.17, 15) is 10.1 Å². The van der Waals surface area contributed by atoms with Gasteiger partial charge in [-0.05, 0) is 43.0 Å². The highest BCUT2D eigenvalue weighted by molar-refractivity contribution is 5.56. The van der Waals surface area contributed by atoms with Crippen molar-refractivity contribution in [3.05, 3.63) is 63.5 Å². The monoisotopic (exact) mass is 337 g/mol. The third kappa shape index (κ3) is 3.26. The van der Waals surface area contributed by atoms with Crippen molar-refractivity contribution in [3.63, 3.8) is 0 Å². The number of pyridine rings is 1. The van der Waals surface area contributed by atoms with Gasteiger partial charge < -0.3 is 0 Å². The van der Waals surface area contributed by atoms with Gasteiger partial charge in [-0.3, -0.25) is 14.5 Å². The van der Waals surface area contributed by atoms with Gasteiger partial charge in [0.05, 0.1) is 16.3 Å². The van der Waals surface area contributed by atoms with E-state index in [1.807, 2.05) is 50.4 Å². The van der Waals surface area contributed by atoms with Crippen LogP contribution in [0.5, 0.6) is 0 Å². The van der Waals surface area contributed by atoms with Gasteiger partial charge in [0.2, 0.25) is 0 Å². The van der Waals surface area contributed by atoms with Crippen LogP contribution >= 0.6 is 0 Å². The molecule has 0 aliphatic carbocycles. The second-order valence-corrected chi connectivity index (χ2v) is 6.34. The molecule has 0 unspecified atom stereocenters. The van der Waals surface area contributed by atoms with E-state index in [2.05, 4.69) is 15.2 Å². The van der Waals surface area contributed by atoms with E-state index in [0.29, 0.717) is 11.5 Å². The molecule has 2 heterocycles. The summed E-state index contributed by atoms with van der Waals surface area (Å²) in [6.07, 6.45) is 1.91. The van der Waals surface area contributed by atoms with E-state index in [1.54, 1.807) is 6.07 Å². The van der Waals surface area contributed by atoms with Crippen LogP contribution in [0, 0.1) is 24.0 Å². The van der Waals surface area contributed by atoms with Crippen molar-refractivity contribution in [2.45, 2.75) is 33.6 Å². The van der Waals surface area contributed by atoms with E-state index in [1.165, 1.54) is 12.1 Å². The van der Waals surface area contributed by atoms with Crippen LogP contribution in [0.15, 0.2) is 46.8 Å². The molecule has 0 bridgehead atoms. The standard InChI is InChI=1S/C18H19N5O2/c1-11(2)17-18(22-8-7-12(3)9-16(22)19-17)21-20-15-10-14(23(24)25)6-5-13(15)4/h5-11H,1-4H3. The first kappa shape index (κ1) is 16.8. The number of hydrogen-bond acceptors (Lipinski definition) is 5. The first-order valence-corrected chi connectivity index (χ1v) is 8.02. The summed E-state index contributed by atoms with van der Waals surface area (Å²) < 4.78 is 1.89. The van der Waals surface area contributed by atoms with Gasteiger partial charge in [-0.1, -0.05) is 19.9 Å². The molecule has 0 N–H and O–H groups in total. The summed E-state index contributed by atoms with van der Waals surface area (Å²) in [6, 6.07) is 8.54. The quantitative estimate of drug-likeness (QED) is 0.363. The molecule has 0 atom stereocenters. The number of nitrogens with zero attached hydrogens (tertiary/aromatic N) is 5. The summed E-state index contributed by atoms with van der Waals surface area (Å²) >= 11 is 0. The van der Waals surface area contributed by atoms with Crippen LogP contribution in [0.4, 0.5) is 17.2 Å². The molecule has 7 heteroatoms. The molecular formula is C18H19N5O2. The highest BCUT2D eigenvalue weighted by Crippen LogP contribution is 2.31. The van der Waals surface area contributed by atoms with Gasteiger partial charge in [-0.15, -0.1) is 10.2 Å². The number of fused-ring (bicyclic) bond motifs is 1. The molecule has 7 nitrogen and oxygen atoms in total. The lowest BCUT2D eigenvalue weighted by Gasteiger charge is -2.03. The lowest BCUT2D eigenvalue weighted by atomic mass is 10.1. The Bertz CT molecular complexity index is 989. The number of aryl methyl sites for hydroxylation is 2. The molecule has 128 valence electrons. The summed E-state index contributed by atoms with van der Waals surface area (Å²) in [4.78, 5) is 15.2. The first-order chi connectivity index (χ1) is 11.9. The van der Waals surface area contributed by atoms with Crippen molar-refractivity contribution >= 4 is 22.8 Å². The number of nitro benzene ring substituents is 1. The number of aromatic nitrogens is 2. The lowest BCUT2D eigenvalue weighted by molar-refractivity contribution is -0.384. The SMILES string of the molecule is Cc1ccn2c(N=Nc3cc([N+](=O)[O-])ccc3C)c(C(C)C)nc2c1. The Labute approximate surface area is 145 Å². The van der Waals surface area contributed by atoms with Crippen LogP contribution in [0.1, 0.15) is 36.6 Å². The topological polar surface area (TPSA) is 85.2 Å². The minimum absolute atomic E-state index is 0.00241. The predicted molar refractivity (Wildman–Crippen MR) is 96.0 cm³/mol. The van der Waals surface area contributed by atoms with Crippen LogP contribution in [0.3, 0.4) is 0 Å². The van der Waals surface area contributed by atoms with Crippen molar-refractivity contribution in [2.24, 2.45) is 10.2 Å². The molecule has 0 fully saturated rings. The zero-order valence-corrected chi connectivity index (χ0v) is 14.6. The number of benzene rings is 1. The average Bonchev–Trinajstić information content (AvgIpc) is 2.91. The summed E-state index contributed by atoms with van der Waals surface area (Å²) in [5.41, 5.74) is 4.07. The highest BCUT2D eigenvalue weighted by atomic mass is 16.6. The van der Waals surface area contributed by atoms with Crippen LogP contribution in [0.25, 0.3) is 5.65 Å². The zero-order chi connectivity index (χ0) is 18.1. The number of imidazole rings is 1. The number of azo groups is 1. The molecule has 0 saturated carbocycles. The predicted octanol–water partition coefficient (Wildman–Crippen LogP) is 5.40. The van der Waals surface area contributed by atoms with Gasteiger partial charge in [-0.25, -0.2) is 4.98 Å². The number of hydrogen-bond donors (Lipinski definition) is 0. The van der Waals surface area contributed by atoms with Crippen molar-refractivity contribution in [3.8, 4) is 0 Å². The van der Waals surface area contributed by atoms with Crippen molar-refractivity contribution in [1.29, 1.82) is 0 Å². The maximum Gasteiger partial charge on any atom is 0.271 e. The fraction of sp³-hybridized carbons (Fsp3) is 0.278. The molecule has 0 amide bonds. The lowest BCUT2D eigenvalue weighted by Crippen LogP contribution is -1.89. The molecule has 0 saturated heterocycles. The first-order valence-electron chi connectivity index (χ1n) is 8.02.